The zero-order valence-electron chi connectivity index (χ0n) is 10.9. The molecule has 0 atom stereocenters. The Labute approximate surface area is 111 Å². The second-order valence-electron chi connectivity index (χ2n) is 4.40. The Kier molecular flexibility index (Phi) is 4.51. The third-order valence-electron chi connectivity index (χ3n) is 3.15. The van der Waals surface area contributed by atoms with Crippen LogP contribution >= 0.6 is 0 Å². The van der Waals surface area contributed by atoms with Gasteiger partial charge < -0.3 is 14.7 Å². The van der Waals surface area contributed by atoms with Gasteiger partial charge in [0.15, 0.2) is 5.75 Å². The molecule has 0 unspecified atom stereocenters. The van der Waals surface area contributed by atoms with Crippen LogP contribution in [0.1, 0.15) is 6.42 Å². The Morgan fingerprint density at radius 1 is 1.32 bits per heavy atom. The first-order chi connectivity index (χ1) is 9.19. The molecule has 1 saturated heterocycles. The van der Waals surface area contributed by atoms with Crippen LogP contribution in [0.5, 0.6) is 5.75 Å². The van der Waals surface area contributed by atoms with E-state index in [4.69, 9.17) is 9.84 Å². The summed E-state index contributed by atoms with van der Waals surface area (Å²) in [5.41, 5.74) is 0. The summed E-state index contributed by atoms with van der Waals surface area (Å²) in [4.78, 5) is 23.3. The monoisotopic (exact) mass is 266 g/mol. The summed E-state index contributed by atoms with van der Waals surface area (Å²) in [5.74, 6) is 0.587. The molecular formula is C12H18N4O3. The topological polar surface area (TPSA) is 78.8 Å². The van der Waals surface area contributed by atoms with Crippen LogP contribution < -0.4 is 9.64 Å². The molecule has 7 heteroatoms. The molecule has 0 amide bonds. The summed E-state index contributed by atoms with van der Waals surface area (Å²) in [6, 6.07) is 0. The second-order valence-corrected chi connectivity index (χ2v) is 4.40. The largest absolute Gasteiger partial charge is 0.494 e. The van der Waals surface area contributed by atoms with E-state index < -0.39 is 5.97 Å². The summed E-state index contributed by atoms with van der Waals surface area (Å²) in [6.45, 7) is 3.90. The standard InChI is InChI=1S/C12H18N4O3/c1-19-10-8-13-12(14-9-10)16-6-4-15(5-7-16)3-2-11(17)18/h8-9H,2-7H2,1H3,(H,17,18). The van der Waals surface area contributed by atoms with Crippen molar-refractivity contribution in [3.05, 3.63) is 12.4 Å². The zero-order valence-corrected chi connectivity index (χ0v) is 10.9. The fourth-order valence-electron chi connectivity index (χ4n) is 2.00. The first-order valence-electron chi connectivity index (χ1n) is 6.24. The number of hydrogen-bond donors (Lipinski definition) is 1. The number of nitrogens with zero attached hydrogens (tertiary/aromatic N) is 4. The summed E-state index contributed by atoms with van der Waals surface area (Å²) in [6.07, 6.45) is 3.50. The van der Waals surface area contributed by atoms with Crippen LogP contribution in [0.15, 0.2) is 12.4 Å². The number of aliphatic carboxylic acids is 1. The molecule has 0 radical (unpaired) electrons. The molecule has 1 N–H and O–H groups in total. The Balaban J connectivity index is 1.83. The lowest BCUT2D eigenvalue weighted by atomic mass is 10.3. The van der Waals surface area contributed by atoms with Crippen molar-refractivity contribution >= 4 is 11.9 Å². The lowest BCUT2D eigenvalue weighted by Crippen LogP contribution is -2.47. The predicted molar refractivity (Wildman–Crippen MR) is 69.5 cm³/mol. The molecule has 19 heavy (non-hydrogen) atoms. The van der Waals surface area contributed by atoms with E-state index in [-0.39, 0.29) is 6.42 Å². The number of anilines is 1. The smallest absolute Gasteiger partial charge is 0.304 e. The van der Waals surface area contributed by atoms with Crippen molar-refractivity contribution in [3.8, 4) is 5.75 Å². The van der Waals surface area contributed by atoms with Gasteiger partial charge in [-0.25, -0.2) is 9.97 Å². The number of carboxylic acid groups (broad SMARTS) is 1. The van der Waals surface area contributed by atoms with Gasteiger partial charge in [-0.3, -0.25) is 9.69 Å². The van der Waals surface area contributed by atoms with Crippen molar-refractivity contribution in [2.45, 2.75) is 6.42 Å². The number of hydrogen-bond acceptors (Lipinski definition) is 6. The molecule has 1 aromatic rings. The number of ether oxygens (including phenoxy) is 1. The van der Waals surface area contributed by atoms with Gasteiger partial charge in [-0.2, -0.15) is 0 Å². The molecule has 7 nitrogen and oxygen atoms in total. The van der Waals surface area contributed by atoms with Gasteiger partial charge in [-0.15, -0.1) is 0 Å². The molecule has 0 saturated carbocycles. The van der Waals surface area contributed by atoms with Gasteiger partial charge in [0, 0.05) is 32.7 Å². The average molecular weight is 266 g/mol. The molecule has 0 aliphatic carbocycles. The molecular weight excluding hydrogens is 248 g/mol. The van der Waals surface area contributed by atoms with Crippen molar-refractivity contribution in [3.63, 3.8) is 0 Å². The van der Waals surface area contributed by atoms with Crippen LogP contribution in [0.4, 0.5) is 5.95 Å². The summed E-state index contributed by atoms with van der Waals surface area (Å²) in [5, 5.41) is 8.65. The Hall–Kier alpha value is -1.89. The van der Waals surface area contributed by atoms with E-state index in [1.807, 2.05) is 0 Å². The van der Waals surface area contributed by atoms with Crippen molar-refractivity contribution in [1.29, 1.82) is 0 Å². The molecule has 0 bridgehead atoms. The maximum Gasteiger partial charge on any atom is 0.304 e. The lowest BCUT2D eigenvalue weighted by molar-refractivity contribution is -0.137. The number of carboxylic acids is 1. The summed E-state index contributed by atoms with van der Waals surface area (Å²) >= 11 is 0. The minimum absolute atomic E-state index is 0.193. The van der Waals surface area contributed by atoms with Gasteiger partial charge in [0.1, 0.15) is 0 Å². The van der Waals surface area contributed by atoms with Gasteiger partial charge in [-0.05, 0) is 0 Å². The van der Waals surface area contributed by atoms with E-state index in [1.54, 1.807) is 19.5 Å². The van der Waals surface area contributed by atoms with E-state index in [2.05, 4.69) is 19.8 Å². The first-order valence-corrected chi connectivity index (χ1v) is 6.24. The SMILES string of the molecule is COc1cnc(N2CCN(CCC(=O)O)CC2)nc1. The van der Waals surface area contributed by atoms with Crippen LogP contribution in [0.25, 0.3) is 0 Å². The second kappa shape index (κ2) is 6.33. The van der Waals surface area contributed by atoms with Crippen LogP contribution in [0, 0.1) is 0 Å². The highest BCUT2D eigenvalue weighted by atomic mass is 16.5. The lowest BCUT2D eigenvalue weighted by Gasteiger charge is -2.34. The average Bonchev–Trinajstić information content (AvgIpc) is 2.46. The van der Waals surface area contributed by atoms with Gasteiger partial charge in [0.05, 0.1) is 25.9 Å². The van der Waals surface area contributed by atoms with Crippen molar-refractivity contribution in [2.75, 3.05) is 44.7 Å². The van der Waals surface area contributed by atoms with Crippen LogP contribution in [-0.2, 0) is 4.79 Å². The maximum atomic E-state index is 10.5. The zero-order chi connectivity index (χ0) is 13.7. The minimum Gasteiger partial charge on any atom is -0.494 e. The van der Waals surface area contributed by atoms with Crippen molar-refractivity contribution in [2.24, 2.45) is 0 Å². The van der Waals surface area contributed by atoms with Crippen molar-refractivity contribution < 1.29 is 14.6 Å². The quantitative estimate of drug-likeness (QED) is 0.808. The Morgan fingerprint density at radius 2 is 1.95 bits per heavy atom. The number of methoxy groups -OCH3 is 1. The Bertz CT molecular complexity index is 415. The highest BCUT2D eigenvalue weighted by Crippen LogP contribution is 2.13. The molecule has 1 aliphatic rings. The van der Waals surface area contributed by atoms with E-state index in [9.17, 15) is 4.79 Å². The van der Waals surface area contributed by atoms with Gasteiger partial charge in [-0.1, -0.05) is 0 Å². The van der Waals surface area contributed by atoms with E-state index in [1.165, 1.54) is 0 Å². The highest BCUT2D eigenvalue weighted by molar-refractivity contribution is 5.66. The normalized spacial score (nSPS) is 16.4. The molecule has 2 heterocycles. The van der Waals surface area contributed by atoms with E-state index in [0.29, 0.717) is 18.2 Å². The van der Waals surface area contributed by atoms with E-state index in [0.717, 1.165) is 26.2 Å². The van der Waals surface area contributed by atoms with E-state index >= 15 is 0 Å². The molecule has 104 valence electrons. The predicted octanol–water partition coefficient (Wildman–Crippen LogP) is 0.0819. The Morgan fingerprint density at radius 3 is 2.47 bits per heavy atom. The fourth-order valence-corrected chi connectivity index (χ4v) is 2.00. The molecule has 1 fully saturated rings. The maximum absolute atomic E-state index is 10.5. The van der Waals surface area contributed by atoms with Crippen LogP contribution in [0.3, 0.4) is 0 Å². The molecule has 0 spiro atoms. The van der Waals surface area contributed by atoms with Gasteiger partial charge in [0.25, 0.3) is 0 Å². The third kappa shape index (κ3) is 3.78. The summed E-state index contributed by atoms with van der Waals surface area (Å²) < 4.78 is 5.02. The van der Waals surface area contributed by atoms with Gasteiger partial charge >= 0.3 is 5.97 Å². The molecule has 1 aliphatic heterocycles. The molecule has 2 rings (SSSR count). The van der Waals surface area contributed by atoms with Crippen LogP contribution in [0.2, 0.25) is 0 Å². The highest BCUT2D eigenvalue weighted by Gasteiger charge is 2.19. The van der Waals surface area contributed by atoms with Gasteiger partial charge in [0.2, 0.25) is 5.95 Å². The first kappa shape index (κ1) is 13.5. The number of aromatic nitrogens is 2. The number of piperazine rings is 1. The third-order valence-corrected chi connectivity index (χ3v) is 3.15. The fraction of sp³-hybridized carbons (Fsp3) is 0.583. The number of carbonyl (C=O) groups is 1. The van der Waals surface area contributed by atoms with Crippen LogP contribution in [-0.4, -0.2) is 65.8 Å². The van der Waals surface area contributed by atoms with Crippen molar-refractivity contribution in [1.82, 2.24) is 14.9 Å². The molecule has 0 aromatic carbocycles. The minimum atomic E-state index is -0.749. The number of rotatable bonds is 5. The summed E-state index contributed by atoms with van der Waals surface area (Å²) in [7, 11) is 1.58. The molecule has 1 aromatic heterocycles.